The first kappa shape index (κ1) is 15.7. The fourth-order valence-corrected chi connectivity index (χ4v) is 2.18. The van der Waals surface area contributed by atoms with Crippen LogP contribution < -0.4 is 5.17 Å². The van der Waals surface area contributed by atoms with Crippen molar-refractivity contribution in [2.75, 3.05) is 5.17 Å². The van der Waals surface area contributed by atoms with Crippen LogP contribution in [0.1, 0.15) is 23.1 Å². The van der Waals surface area contributed by atoms with Crippen LogP contribution in [-0.2, 0) is 17.9 Å². The molecule has 0 aliphatic heterocycles. The lowest BCUT2D eigenvalue weighted by atomic mass is 10.1. The van der Waals surface area contributed by atoms with Crippen LogP contribution in [0.25, 0.3) is 0 Å². The summed E-state index contributed by atoms with van der Waals surface area (Å²) in [5, 5.41) is 14.0. The van der Waals surface area contributed by atoms with Crippen molar-refractivity contribution in [2.45, 2.75) is 26.4 Å². The SMILES string of the molecule is C=NN(OCc1ccccc1)c1ccc(CCC#N)cc1C. The normalized spacial score (nSPS) is 10.0. The highest BCUT2D eigenvalue weighted by atomic mass is 16.7. The molecule has 0 bridgehead atoms. The van der Waals surface area contributed by atoms with Crippen LogP contribution in [0.15, 0.2) is 53.6 Å². The number of benzene rings is 2. The van der Waals surface area contributed by atoms with Crippen LogP contribution in [0.2, 0.25) is 0 Å². The average molecular weight is 293 g/mol. The third kappa shape index (κ3) is 4.18. The van der Waals surface area contributed by atoms with E-state index in [1.165, 1.54) is 5.17 Å². The minimum atomic E-state index is 0.426. The number of anilines is 1. The minimum absolute atomic E-state index is 0.426. The van der Waals surface area contributed by atoms with Crippen LogP contribution >= 0.6 is 0 Å². The van der Waals surface area contributed by atoms with E-state index in [1.807, 2.05) is 49.4 Å². The Morgan fingerprint density at radius 1 is 1.18 bits per heavy atom. The van der Waals surface area contributed by atoms with E-state index in [0.29, 0.717) is 13.0 Å². The second kappa shape index (κ2) is 7.96. The molecular formula is C18H19N3O. The fraction of sp³-hybridized carbons (Fsp3) is 0.222. The highest BCUT2D eigenvalue weighted by Crippen LogP contribution is 2.23. The van der Waals surface area contributed by atoms with E-state index >= 15 is 0 Å². The van der Waals surface area contributed by atoms with Gasteiger partial charge < -0.3 is 0 Å². The number of hydrazone groups is 1. The van der Waals surface area contributed by atoms with Gasteiger partial charge in [-0.3, -0.25) is 0 Å². The number of aryl methyl sites for hydroxylation is 2. The molecule has 2 aromatic carbocycles. The Hall–Kier alpha value is -2.64. The van der Waals surface area contributed by atoms with Gasteiger partial charge in [-0.15, -0.1) is 5.17 Å². The van der Waals surface area contributed by atoms with Gasteiger partial charge in [0.1, 0.15) is 6.61 Å². The maximum absolute atomic E-state index is 8.65. The molecule has 2 aromatic rings. The van der Waals surface area contributed by atoms with E-state index in [1.54, 1.807) is 0 Å². The first-order chi connectivity index (χ1) is 10.7. The Bertz CT molecular complexity index is 662. The minimum Gasteiger partial charge on any atom is -0.247 e. The van der Waals surface area contributed by atoms with Gasteiger partial charge in [0, 0.05) is 13.1 Å². The summed E-state index contributed by atoms with van der Waals surface area (Å²) < 4.78 is 0. The van der Waals surface area contributed by atoms with E-state index in [0.717, 1.165) is 28.8 Å². The molecule has 0 aromatic heterocycles. The van der Waals surface area contributed by atoms with Crippen LogP contribution in [0, 0.1) is 18.3 Å². The van der Waals surface area contributed by atoms with Gasteiger partial charge in [-0.1, -0.05) is 42.5 Å². The molecule has 0 fully saturated rings. The van der Waals surface area contributed by atoms with Crippen molar-refractivity contribution in [3.8, 4) is 6.07 Å². The molecule has 4 heteroatoms. The van der Waals surface area contributed by atoms with Gasteiger partial charge in [-0.2, -0.15) is 10.4 Å². The summed E-state index contributed by atoms with van der Waals surface area (Å²) in [7, 11) is 0. The lowest BCUT2D eigenvalue weighted by Gasteiger charge is -2.20. The topological polar surface area (TPSA) is 48.6 Å². The molecule has 0 N–H and O–H groups in total. The van der Waals surface area contributed by atoms with Gasteiger partial charge in [0.25, 0.3) is 0 Å². The first-order valence-corrected chi connectivity index (χ1v) is 7.14. The summed E-state index contributed by atoms with van der Waals surface area (Å²) in [6.45, 7) is 5.99. The number of hydrogen-bond acceptors (Lipinski definition) is 4. The van der Waals surface area contributed by atoms with Gasteiger partial charge in [-0.05, 0) is 36.1 Å². The summed E-state index contributed by atoms with van der Waals surface area (Å²) in [5.74, 6) is 0. The van der Waals surface area contributed by atoms with Crippen LogP contribution in [0.5, 0.6) is 0 Å². The summed E-state index contributed by atoms with van der Waals surface area (Å²) in [6, 6.07) is 18.1. The molecule has 0 aliphatic carbocycles. The van der Waals surface area contributed by atoms with Crippen molar-refractivity contribution < 1.29 is 4.84 Å². The molecule has 2 rings (SSSR count). The Kier molecular flexibility index (Phi) is 5.70. The zero-order valence-corrected chi connectivity index (χ0v) is 12.7. The standard InChI is InChI=1S/C18H19N3O/c1-15-13-16(9-6-12-19)10-11-18(15)21(20-2)22-14-17-7-4-3-5-8-17/h3-5,7-8,10-11,13H,2,6,9,14H2,1H3. The Morgan fingerprint density at radius 3 is 2.59 bits per heavy atom. The second-order valence-electron chi connectivity index (χ2n) is 4.95. The zero-order chi connectivity index (χ0) is 15.8. The van der Waals surface area contributed by atoms with Gasteiger partial charge in [0.2, 0.25) is 0 Å². The third-order valence-electron chi connectivity index (χ3n) is 3.32. The van der Waals surface area contributed by atoms with Gasteiger partial charge in [0.05, 0.1) is 11.8 Å². The molecule has 0 radical (unpaired) electrons. The number of nitriles is 1. The van der Waals surface area contributed by atoms with Crippen molar-refractivity contribution in [2.24, 2.45) is 5.10 Å². The van der Waals surface area contributed by atoms with Gasteiger partial charge >= 0.3 is 0 Å². The Labute approximate surface area is 131 Å². The number of rotatable bonds is 7. The molecule has 112 valence electrons. The highest BCUT2D eigenvalue weighted by molar-refractivity contribution is 5.53. The molecule has 0 amide bonds. The predicted octanol–water partition coefficient (Wildman–Crippen LogP) is 4.01. The molecule has 0 aliphatic rings. The second-order valence-corrected chi connectivity index (χ2v) is 4.95. The van der Waals surface area contributed by atoms with E-state index in [-0.39, 0.29) is 0 Å². The molecule has 4 nitrogen and oxygen atoms in total. The predicted molar refractivity (Wildman–Crippen MR) is 88.4 cm³/mol. The van der Waals surface area contributed by atoms with Crippen molar-refractivity contribution in [1.29, 1.82) is 5.26 Å². The lowest BCUT2D eigenvalue weighted by Crippen LogP contribution is -2.17. The number of nitrogens with zero attached hydrogens (tertiary/aromatic N) is 3. The zero-order valence-electron chi connectivity index (χ0n) is 12.7. The van der Waals surface area contributed by atoms with E-state index < -0.39 is 0 Å². The van der Waals surface area contributed by atoms with E-state index in [9.17, 15) is 0 Å². The van der Waals surface area contributed by atoms with Gasteiger partial charge in [-0.25, -0.2) is 4.84 Å². The lowest BCUT2D eigenvalue weighted by molar-refractivity contribution is 0.0966. The number of hydrogen-bond donors (Lipinski definition) is 0. The molecule has 0 atom stereocenters. The maximum Gasteiger partial charge on any atom is 0.102 e. The third-order valence-corrected chi connectivity index (χ3v) is 3.32. The molecule has 0 heterocycles. The smallest absolute Gasteiger partial charge is 0.102 e. The highest BCUT2D eigenvalue weighted by Gasteiger charge is 2.09. The quantitative estimate of drug-likeness (QED) is 0.572. The molecule has 0 saturated carbocycles. The van der Waals surface area contributed by atoms with Crippen LogP contribution in [0.4, 0.5) is 5.69 Å². The van der Waals surface area contributed by atoms with Crippen molar-refractivity contribution >= 4 is 12.4 Å². The molecule has 22 heavy (non-hydrogen) atoms. The monoisotopic (exact) mass is 293 g/mol. The van der Waals surface area contributed by atoms with Crippen LogP contribution in [-0.4, -0.2) is 6.72 Å². The molecule has 0 spiro atoms. The van der Waals surface area contributed by atoms with Crippen molar-refractivity contribution in [3.63, 3.8) is 0 Å². The largest absolute Gasteiger partial charge is 0.247 e. The Morgan fingerprint density at radius 2 is 1.95 bits per heavy atom. The molecule has 0 unspecified atom stereocenters. The fourth-order valence-electron chi connectivity index (χ4n) is 2.18. The molecule has 0 saturated heterocycles. The van der Waals surface area contributed by atoms with Gasteiger partial charge in [0.15, 0.2) is 0 Å². The van der Waals surface area contributed by atoms with Crippen molar-refractivity contribution in [1.82, 2.24) is 0 Å². The first-order valence-electron chi connectivity index (χ1n) is 7.14. The van der Waals surface area contributed by atoms with Crippen molar-refractivity contribution in [3.05, 3.63) is 65.2 Å². The maximum atomic E-state index is 8.65. The Balaban J connectivity index is 2.07. The summed E-state index contributed by atoms with van der Waals surface area (Å²) in [5.41, 5.74) is 4.09. The van der Waals surface area contributed by atoms with E-state index in [2.05, 4.69) is 24.0 Å². The summed E-state index contributed by atoms with van der Waals surface area (Å²) >= 11 is 0. The van der Waals surface area contributed by atoms with Crippen LogP contribution in [0.3, 0.4) is 0 Å². The van der Waals surface area contributed by atoms with E-state index in [4.69, 9.17) is 10.1 Å². The summed E-state index contributed by atoms with van der Waals surface area (Å²) in [6.07, 6.45) is 1.27. The average Bonchev–Trinajstić information content (AvgIpc) is 2.56. The molecular weight excluding hydrogens is 274 g/mol. The summed E-state index contributed by atoms with van der Waals surface area (Å²) in [4.78, 5) is 5.72.